The van der Waals surface area contributed by atoms with E-state index in [1.54, 1.807) is 30.3 Å². The number of carbonyl (C=O) groups is 2. The molecule has 0 radical (unpaired) electrons. The number of nitrogens with one attached hydrogen (secondary N) is 1. The molecule has 2 saturated heterocycles. The van der Waals surface area contributed by atoms with Crippen LogP contribution >= 0.6 is 11.6 Å². The van der Waals surface area contributed by atoms with E-state index in [1.807, 2.05) is 29.2 Å². The van der Waals surface area contributed by atoms with Gasteiger partial charge in [-0.2, -0.15) is 0 Å². The molecule has 0 atom stereocenters. The summed E-state index contributed by atoms with van der Waals surface area (Å²) in [6.45, 7) is 6.42. The maximum Gasteiger partial charge on any atom is 0.270 e. The first-order chi connectivity index (χ1) is 19.3. The zero-order valence-electron chi connectivity index (χ0n) is 22.4. The van der Waals surface area contributed by atoms with Crippen LogP contribution in [0.2, 0.25) is 5.02 Å². The first-order valence-electron chi connectivity index (χ1n) is 13.5. The minimum absolute atomic E-state index is 0.00559. The summed E-state index contributed by atoms with van der Waals surface area (Å²) >= 11 is 5.94. The molecule has 2 aliphatic heterocycles. The minimum Gasteiger partial charge on any atom is -0.371 e. The highest BCUT2D eigenvalue weighted by Gasteiger charge is 2.25. The van der Waals surface area contributed by atoms with E-state index in [9.17, 15) is 19.7 Å². The molecule has 0 aromatic heterocycles. The first kappa shape index (κ1) is 27.5. The van der Waals surface area contributed by atoms with Crippen molar-refractivity contribution in [2.45, 2.75) is 19.8 Å². The lowest BCUT2D eigenvalue weighted by Gasteiger charge is -2.36. The average Bonchev–Trinajstić information content (AvgIpc) is 2.98. The van der Waals surface area contributed by atoms with Crippen molar-refractivity contribution in [1.29, 1.82) is 0 Å². The van der Waals surface area contributed by atoms with Crippen LogP contribution in [0.4, 0.5) is 22.7 Å². The molecule has 2 aliphatic rings. The molecule has 2 amide bonds. The third-order valence-corrected chi connectivity index (χ3v) is 7.96. The third kappa shape index (κ3) is 6.20. The van der Waals surface area contributed by atoms with Gasteiger partial charge in [0.25, 0.3) is 17.5 Å². The molecule has 208 valence electrons. The number of benzene rings is 3. The second-order valence-electron chi connectivity index (χ2n) is 10.4. The molecule has 0 aliphatic carbocycles. The topological polar surface area (TPSA) is 99.0 Å². The van der Waals surface area contributed by atoms with Gasteiger partial charge in [0, 0.05) is 73.4 Å². The Morgan fingerprint density at radius 2 is 1.52 bits per heavy atom. The second-order valence-corrected chi connectivity index (χ2v) is 10.9. The van der Waals surface area contributed by atoms with Crippen LogP contribution in [0.25, 0.3) is 0 Å². The summed E-state index contributed by atoms with van der Waals surface area (Å²) in [5.74, 6) is 0.241. The van der Waals surface area contributed by atoms with Crippen LogP contribution in [0.15, 0.2) is 66.7 Å². The van der Waals surface area contributed by atoms with Gasteiger partial charge in [0.05, 0.1) is 16.2 Å². The van der Waals surface area contributed by atoms with E-state index in [2.05, 4.69) is 22.0 Å². The van der Waals surface area contributed by atoms with Crippen LogP contribution in [0.1, 0.15) is 40.5 Å². The van der Waals surface area contributed by atoms with Crippen molar-refractivity contribution in [3.8, 4) is 0 Å². The van der Waals surface area contributed by atoms with E-state index in [0.717, 1.165) is 37.3 Å². The summed E-state index contributed by atoms with van der Waals surface area (Å²) in [5.41, 5.74) is 3.14. The van der Waals surface area contributed by atoms with Crippen molar-refractivity contribution in [3.05, 3.63) is 93.0 Å². The quantitative estimate of drug-likeness (QED) is 0.306. The Hall–Kier alpha value is -4.11. The number of piperidine rings is 1. The van der Waals surface area contributed by atoms with Gasteiger partial charge in [0.1, 0.15) is 0 Å². The Morgan fingerprint density at radius 3 is 2.15 bits per heavy atom. The molecule has 9 nitrogen and oxygen atoms in total. The lowest BCUT2D eigenvalue weighted by molar-refractivity contribution is -0.384. The third-order valence-electron chi connectivity index (χ3n) is 7.71. The number of halogens is 1. The predicted molar refractivity (Wildman–Crippen MR) is 158 cm³/mol. The molecular formula is C30H32ClN5O4. The maximum absolute atomic E-state index is 13.3. The Bertz CT molecular complexity index is 1380. The lowest BCUT2D eigenvalue weighted by Crippen LogP contribution is -2.48. The fraction of sp³-hybridized carbons (Fsp3) is 0.333. The molecule has 0 saturated carbocycles. The number of anilines is 3. The molecule has 1 N–H and O–H groups in total. The van der Waals surface area contributed by atoms with Gasteiger partial charge < -0.3 is 20.0 Å². The SMILES string of the molecule is CC1CCN(c2ccc([N+](=O)[O-])cc2C(=O)Nc2ccc(N3CCN(C(=O)c4ccc(Cl)cc4)CC3)cc2)CC1. The number of hydrogen-bond donors (Lipinski definition) is 1. The smallest absolute Gasteiger partial charge is 0.270 e. The Morgan fingerprint density at radius 1 is 0.875 bits per heavy atom. The standard InChI is InChI=1S/C30H32ClN5O4/c1-21-12-14-34(15-13-21)28-11-10-26(36(39)40)20-27(28)29(37)32-24-6-8-25(9-7-24)33-16-18-35(19-17-33)30(38)22-2-4-23(31)5-3-22/h2-11,20-21H,12-19H2,1H3,(H,32,37). The Balaban J connectivity index is 1.23. The lowest BCUT2D eigenvalue weighted by atomic mass is 9.98. The van der Waals surface area contributed by atoms with Gasteiger partial charge in [-0.3, -0.25) is 19.7 Å². The molecule has 3 aromatic rings. The number of hydrogen-bond acceptors (Lipinski definition) is 6. The fourth-order valence-electron chi connectivity index (χ4n) is 5.24. The van der Waals surface area contributed by atoms with Crippen LogP contribution in [0, 0.1) is 16.0 Å². The highest BCUT2D eigenvalue weighted by Crippen LogP contribution is 2.30. The van der Waals surface area contributed by atoms with Crippen molar-refractivity contribution in [2.24, 2.45) is 5.92 Å². The number of nitrogens with zero attached hydrogens (tertiary/aromatic N) is 4. The zero-order valence-corrected chi connectivity index (χ0v) is 23.1. The minimum atomic E-state index is -0.476. The van der Waals surface area contributed by atoms with Crippen molar-refractivity contribution in [3.63, 3.8) is 0 Å². The maximum atomic E-state index is 13.3. The van der Waals surface area contributed by atoms with Crippen LogP contribution < -0.4 is 15.1 Å². The summed E-state index contributed by atoms with van der Waals surface area (Å²) in [6.07, 6.45) is 2.03. The number of non-ortho nitro benzene ring substituents is 1. The average molecular weight is 562 g/mol. The molecule has 10 heteroatoms. The highest BCUT2D eigenvalue weighted by molar-refractivity contribution is 6.30. The normalized spacial score (nSPS) is 16.1. The van der Waals surface area contributed by atoms with Crippen LogP contribution in [-0.4, -0.2) is 60.9 Å². The number of nitro benzene ring substituents is 1. The van der Waals surface area contributed by atoms with Crippen molar-refractivity contribution >= 4 is 46.2 Å². The van der Waals surface area contributed by atoms with E-state index in [4.69, 9.17) is 11.6 Å². The van der Waals surface area contributed by atoms with Gasteiger partial charge in [-0.25, -0.2) is 0 Å². The summed E-state index contributed by atoms with van der Waals surface area (Å²) < 4.78 is 0. The van der Waals surface area contributed by atoms with Gasteiger partial charge in [-0.05, 0) is 73.4 Å². The van der Waals surface area contributed by atoms with E-state index in [-0.39, 0.29) is 17.5 Å². The van der Waals surface area contributed by atoms with E-state index in [0.29, 0.717) is 53.9 Å². The number of nitro groups is 1. The highest BCUT2D eigenvalue weighted by atomic mass is 35.5. The van der Waals surface area contributed by atoms with E-state index >= 15 is 0 Å². The van der Waals surface area contributed by atoms with Crippen molar-refractivity contribution in [2.75, 3.05) is 54.4 Å². The number of amides is 2. The second kappa shape index (κ2) is 12.0. The van der Waals surface area contributed by atoms with Gasteiger partial charge in [0.2, 0.25) is 0 Å². The van der Waals surface area contributed by atoms with Crippen LogP contribution in [0.5, 0.6) is 0 Å². The Labute approximate surface area is 238 Å². The molecule has 2 fully saturated rings. The van der Waals surface area contributed by atoms with Gasteiger partial charge in [0.15, 0.2) is 0 Å². The number of rotatable bonds is 6. The van der Waals surface area contributed by atoms with E-state index in [1.165, 1.54) is 12.1 Å². The van der Waals surface area contributed by atoms with Gasteiger partial charge in [-0.15, -0.1) is 0 Å². The van der Waals surface area contributed by atoms with E-state index < -0.39 is 4.92 Å². The van der Waals surface area contributed by atoms with Gasteiger partial charge in [-0.1, -0.05) is 18.5 Å². The number of carbonyl (C=O) groups excluding carboxylic acids is 2. The summed E-state index contributed by atoms with van der Waals surface area (Å²) in [6, 6.07) is 19.0. The van der Waals surface area contributed by atoms with Gasteiger partial charge >= 0.3 is 0 Å². The molecule has 0 spiro atoms. The molecule has 0 bridgehead atoms. The fourth-order valence-corrected chi connectivity index (χ4v) is 5.37. The van der Waals surface area contributed by atoms with Crippen LogP contribution in [-0.2, 0) is 0 Å². The summed E-state index contributed by atoms with van der Waals surface area (Å²) in [4.78, 5) is 43.3. The Kier molecular flexibility index (Phi) is 8.21. The summed E-state index contributed by atoms with van der Waals surface area (Å²) in [7, 11) is 0. The zero-order chi connectivity index (χ0) is 28.2. The molecule has 3 aromatic carbocycles. The molecule has 2 heterocycles. The molecule has 5 rings (SSSR count). The summed E-state index contributed by atoms with van der Waals surface area (Å²) in [5, 5.41) is 14.9. The van der Waals surface area contributed by atoms with Crippen LogP contribution in [0.3, 0.4) is 0 Å². The van der Waals surface area contributed by atoms with Crippen molar-refractivity contribution in [1.82, 2.24) is 4.90 Å². The largest absolute Gasteiger partial charge is 0.371 e. The number of piperazine rings is 1. The monoisotopic (exact) mass is 561 g/mol. The first-order valence-corrected chi connectivity index (χ1v) is 13.9. The molecular weight excluding hydrogens is 530 g/mol. The molecule has 0 unspecified atom stereocenters. The predicted octanol–water partition coefficient (Wildman–Crippen LogP) is 5.70. The molecule has 40 heavy (non-hydrogen) atoms. The van der Waals surface area contributed by atoms with Crippen molar-refractivity contribution < 1.29 is 14.5 Å².